The van der Waals surface area contributed by atoms with E-state index in [9.17, 15) is 4.79 Å². The lowest BCUT2D eigenvalue weighted by Crippen LogP contribution is -2.20. The monoisotopic (exact) mass is 376 g/mol. The largest absolute Gasteiger partial charge is 0.495 e. The first-order valence-electron chi connectivity index (χ1n) is 8.41. The number of nitrogens with one attached hydrogen (secondary N) is 2. The Kier molecular flexibility index (Phi) is 5.90. The van der Waals surface area contributed by atoms with Gasteiger partial charge in [-0.2, -0.15) is 0 Å². The van der Waals surface area contributed by atoms with E-state index in [0.29, 0.717) is 34.6 Å². The summed E-state index contributed by atoms with van der Waals surface area (Å²) in [5.41, 5.74) is 0.740. The molecule has 0 radical (unpaired) electrons. The lowest BCUT2D eigenvalue weighted by Gasteiger charge is -2.13. The van der Waals surface area contributed by atoms with Crippen molar-refractivity contribution in [3.8, 4) is 5.75 Å². The van der Waals surface area contributed by atoms with E-state index in [0.717, 1.165) is 19.4 Å². The molecular formula is C18H21ClN4O3. The van der Waals surface area contributed by atoms with Gasteiger partial charge in [0.2, 0.25) is 0 Å². The number of amides is 1. The zero-order chi connectivity index (χ0) is 18.5. The van der Waals surface area contributed by atoms with Gasteiger partial charge in [-0.1, -0.05) is 11.6 Å². The van der Waals surface area contributed by atoms with Crippen LogP contribution in [0.15, 0.2) is 24.3 Å². The first kappa shape index (κ1) is 18.4. The normalized spacial score (nSPS) is 16.3. The van der Waals surface area contributed by atoms with Gasteiger partial charge in [-0.3, -0.25) is 4.79 Å². The van der Waals surface area contributed by atoms with Crippen LogP contribution in [0.25, 0.3) is 0 Å². The van der Waals surface area contributed by atoms with Gasteiger partial charge >= 0.3 is 0 Å². The number of aromatic nitrogens is 2. The average Bonchev–Trinajstić information content (AvgIpc) is 3.13. The van der Waals surface area contributed by atoms with Crippen LogP contribution in [0.2, 0.25) is 5.02 Å². The summed E-state index contributed by atoms with van der Waals surface area (Å²) in [4.78, 5) is 21.2. The van der Waals surface area contributed by atoms with E-state index in [1.54, 1.807) is 31.2 Å². The molecule has 26 heavy (non-hydrogen) atoms. The molecular weight excluding hydrogens is 356 g/mol. The molecule has 1 aliphatic heterocycles. The van der Waals surface area contributed by atoms with Crippen molar-refractivity contribution in [3.63, 3.8) is 0 Å². The molecule has 1 unspecified atom stereocenters. The third-order valence-corrected chi connectivity index (χ3v) is 4.25. The highest BCUT2D eigenvalue weighted by Gasteiger charge is 2.17. The van der Waals surface area contributed by atoms with Crippen LogP contribution in [-0.2, 0) is 4.74 Å². The number of nitrogens with zero attached hydrogens (tertiary/aromatic N) is 2. The quantitative estimate of drug-likeness (QED) is 0.804. The van der Waals surface area contributed by atoms with Crippen LogP contribution in [0.3, 0.4) is 0 Å². The van der Waals surface area contributed by atoms with Gasteiger partial charge in [0.1, 0.15) is 23.1 Å². The molecule has 0 bridgehead atoms. The van der Waals surface area contributed by atoms with Crippen molar-refractivity contribution in [1.29, 1.82) is 0 Å². The zero-order valence-electron chi connectivity index (χ0n) is 14.7. The van der Waals surface area contributed by atoms with Gasteiger partial charge in [0.05, 0.1) is 18.9 Å². The van der Waals surface area contributed by atoms with E-state index in [-0.39, 0.29) is 17.7 Å². The van der Waals surface area contributed by atoms with E-state index in [2.05, 4.69) is 20.6 Å². The van der Waals surface area contributed by atoms with Crippen LogP contribution in [0.1, 0.15) is 29.2 Å². The van der Waals surface area contributed by atoms with E-state index in [1.807, 2.05) is 0 Å². The van der Waals surface area contributed by atoms with Crippen LogP contribution in [-0.4, -0.2) is 42.2 Å². The van der Waals surface area contributed by atoms with Crippen LogP contribution < -0.4 is 15.4 Å². The van der Waals surface area contributed by atoms with Crippen LogP contribution in [0.5, 0.6) is 5.75 Å². The predicted molar refractivity (Wildman–Crippen MR) is 100 cm³/mol. The molecule has 1 amide bonds. The molecule has 138 valence electrons. The van der Waals surface area contributed by atoms with Crippen molar-refractivity contribution >= 4 is 29.0 Å². The molecule has 2 heterocycles. The molecule has 1 aliphatic rings. The van der Waals surface area contributed by atoms with Gasteiger partial charge in [0, 0.05) is 24.2 Å². The van der Waals surface area contributed by atoms with Crippen LogP contribution in [0.4, 0.5) is 11.5 Å². The van der Waals surface area contributed by atoms with Gasteiger partial charge in [0.15, 0.2) is 0 Å². The van der Waals surface area contributed by atoms with Crippen molar-refractivity contribution in [2.75, 3.05) is 30.9 Å². The molecule has 1 atom stereocenters. The Balaban J connectivity index is 1.73. The van der Waals surface area contributed by atoms with E-state index in [1.165, 1.54) is 7.11 Å². The number of hydrogen-bond acceptors (Lipinski definition) is 6. The maximum absolute atomic E-state index is 12.6. The van der Waals surface area contributed by atoms with E-state index < -0.39 is 0 Å². The minimum atomic E-state index is -0.365. The Bertz CT molecular complexity index is 794. The van der Waals surface area contributed by atoms with Crippen LogP contribution in [0, 0.1) is 6.92 Å². The standard InChI is InChI=1S/C18H21ClN4O3/c1-11-21-15(9-17(22-11)20-10-13-4-3-7-26-13)18(24)23-14-8-12(19)5-6-16(14)25-2/h5-6,8-9,13H,3-4,7,10H2,1-2H3,(H,23,24)(H,20,21,22). The second kappa shape index (κ2) is 8.33. The minimum Gasteiger partial charge on any atom is -0.495 e. The number of benzene rings is 1. The van der Waals surface area contributed by atoms with Crippen molar-refractivity contribution in [2.45, 2.75) is 25.9 Å². The molecule has 3 rings (SSSR count). The summed E-state index contributed by atoms with van der Waals surface area (Å²) in [6.07, 6.45) is 2.28. The second-order valence-corrected chi connectivity index (χ2v) is 6.44. The summed E-state index contributed by atoms with van der Waals surface area (Å²) in [6.45, 7) is 3.19. The number of methoxy groups -OCH3 is 1. The van der Waals surface area contributed by atoms with Crippen molar-refractivity contribution in [2.24, 2.45) is 0 Å². The molecule has 1 aromatic heterocycles. The lowest BCUT2D eigenvalue weighted by atomic mass is 10.2. The predicted octanol–water partition coefficient (Wildman–Crippen LogP) is 3.29. The Hall–Kier alpha value is -2.38. The summed E-state index contributed by atoms with van der Waals surface area (Å²) in [5, 5.41) is 6.49. The van der Waals surface area contributed by atoms with Crippen LogP contribution >= 0.6 is 11.6 Å². The first-order valence-corrected chi connectivity index (χ1v) is 8.79. The Morgan fingerprint density at radius 1 is 1.38 bits per heavy atom. The fourth-order valence-corrected chi connectivity index (χ4v) is 2.93. The highest BCUT2D eigenvalue weighted by atomic mass is 35.5. The SMILES string of the molecule is COc1ccc(Cl)cc1NC(=O)c1cc(NCC2CCCO2)nc(C)n1. The van der Waals surface area contributed by atoms with Gasteiger partial charge in [-0.05, 0) is 38.0 Å². The number of carbonyl (C=O) groups excluding carboxylic acids is 1. The minimum absolute atomic E-state index is 0.179. The van der Waals surface area contributed by atoms with Crippen molar-refractivity contribution in [1.82, 2.24) is 9.97 Å². The highest BCUT2D eigenvalue weighted by Crippen LogP contribution is 2.28. The molecule has 2 aromatic rings. The highest BCUT2D eigenvalue weighted by molar-refractivity contribution is 6.31. The summed E-state index contributed by atoms with van der Waals surface area (Å²) < 4.78 is 10.8. The summed E-state index contributed by atoms with van der Waals surface area (Å²) >= 11 is 6.00. The van der Waals surface area contributed by atoms with Gasteiger partial charge < -0.3 is 20.1 Å². The molecule has 8 heteroatoms. The molecule has 1 fully saturated rings. The Morgan fingerprint density at radius 3 is 2.96 bits per heavy atom. The average molecular weight is 377 g/mol. The lowest BCUT2D eigenvalue weighted by molar-refractivity contribution is 0.102. The second-order valence-electron chi connectivity index (χ2n) is 6.00. The number of ether oxygens (including phenoxy) is 2. The Morgan fingerprint density at radius 2 is 2.23 bits per heavy atom. The molecule has 0 aliphatic carbocycles. The fourth-order valence-electron chi connectivity index (χ4n) is 2.76. The summed E-state index contributed by atoms with van der Waals surface area (Å²) in [7, 11) is 1.53. The van der Waals surface area contributed by atoms with Crippen molar-refractivity contribution in [3.05, 3.63) is 40.8 Å². The van der Waals surface area contributed by atoms with Gasteiger partial charge in [0.25, 0.3) is 5.91 Å². The number of hydrogen-bond donors (Lipinski definition) is 2. The third kappa shape index (κ3) is 4.62. The van der Waals surface area contributed by atoms with E-state index in [4.69, 9.17) is 21.1 Å². The number of anilines is 2. The molecule has 0 saturated carbocycles. The molecule has 1 saturated heterocycles. The maximum atomic E-state index is 12.6. The van der Waals surface area contributed by atoms with Gasteiger partial charge in [-0.15, -0.1) is 0 Å². The molecule has 1 aromatic carbocycles. The van der Waals surface area contributed by atoms with Gasteiger partial charge in [-0.25, -0.2) is 9.97 Å². The van der Waals surface area contributed by atoms with Crippen molar-refractivity contribution < 1.29 is 14.3 Å². The topological polar surface area (TPSA) is 85.4 Å². The number of halogens is 1. The summed E-state index contributed by atoms with van der Waals surface area (Å²) in [6, 6.07) is 6.63. The third-order valence-electron chi connectivity index (χ3n) is 4.02. The number of carbonyl (C=O) groups is 1. The molecule has 0 spiro atoms. The fraction of sp³-hybridized carbons (Fsp3) is 0.389. The maximum Gasteiger partial charge on any atom is 0.274 e. The summed E-state index contributed by atoms with van der Waals surface area (Å²) in [5.74, 6) is 1.25. The Labute approximate surface area is 157 Å². The zero-order valence-corrected chi connectivity index (χ0v) is 15.5. The molecule has 2 N–H and O–H groups in total. The van der Waals surface area contributed by atoms with E-state index >= 15 is 0 Å². The number of rotatable bonds is 6. The molecule has 7 nitrogen and oxygen atoms in total. The number of aryl methyl sites for hydroxylation is 1. The first-order chi connectivity index (χ1) is 12.5. The smallest absolute Gasteiger partial charge is 0.274 e.